The quantitative estimate of drug-likeness (QED) is 0.836. The largest absolute Gasteiger partial charge is 0.339 e. The number of nitrogens with zero attached hydrogens (tertiary/aromatic N) is 2. The van der Waals surface area contributed by atoms with Crippen LogP contribution in [0.25, 0.3) is 0 Å². The first-order valence-electron chi connectivity index (χ1n) is 8.61. The van der Waals surface area contributed by atoms with Crippen LogP contribution in [0.15, 0.2) is 28.7 Å². The van der Waals surface area contributed by atoms with Gasteiger partial charge in [0.2, 0.25) is 5.91 Å². The van der Waals surface area contributed by atoms with E-state index < -0.39 is 0 Å². The molecule has 2 aliphatic rings. The third kappa shape index (κ3) is 3.98. The zero-order valence-electron chi connectivity index (χ0n) is 14.0. The molecular weight excluding hydrogens is 370 g/mol. The molecule has 2 fully saturated rings. The third-order valence-electron chi connectivity index (χ3n) is 4.94. The van der Waals surface area contributed by atoms with E-state index in [1.807, 2.05) is 34.1 Å². The SMILES string of the molecule is C[C@H]1C[C@@H](C(=O)N2CCN(C(=O)c3ccc(Br)cc3)CC2)CCN1. The lowest BCUT2D eigenvalue weighted by Gasteiger charge is -2.38. The lowest BCUT2D eigenvalue weighted by molar-refractivity contribution is -0.138. The maximum atomic E-state index is 12.7. The van der Waals surface area contributed by atoms with E-state index >= 15 is 0 Å². The lowest BCUT2D eigenvalue weighted by Crippen LogP contribution is -2.53. The van der Waals surface area contributed by atoms with E-state index in [-0.39, 0.29) is 17.7 Å². The zero-order chi connectivity index (χ0) is 17.1. The standard InChI is InChI=1S/C18H24BrN3O2/c1-13-12-15(6-7-20-13)18(24)22-10-8-21(9-11-22)17(23)14-2-4-16(19)5-3-14/h2-5,13,15,20H,6-12H2,1H3/t13-,15-/m0/s1. The molecule has 24 heavy (non-hydrogen) atoms. The molecule has 2 heterocycles. The van der Waals surface area contributed by atoms with Crippen LogP contribution in [-0.4, -0.2) is 60.4 Å². The van der Waals surface area contributed by atoms with Gasteiger partial charge in [-0.05, 0) is 50.6 Å². The van der Waals surface area contributed by atoms with Crippen molar-refractivity contribution in [3.63, 3.8) is 0 Å². The van der Waals surface area contributed by atoms with Crippen LogP contribution < -0.4 is 5.32 Å². The molecular formula is C18H24BrN3O2. The molecule has 1 aromatic carbocycles. The van der Waals surface area contributed by atoms with E-state index in [1.165, 1.54) is 0 Å². The van der Waals surface area contributed by atoms with E-state index in [0.717, 1.165) is 23.9 Å². The number of hydrogen-bond donors (Lipinski definition) is 1. The Balaban J connectivity index is 1.54. The summed E-state index contributed by atoms with van der Waals surface area (Å²) in [5.74, 6) is 0.444. The van der Waals surface area contributed by atoms with Gasteiger partial charge < -0.3 is 15.1 Å². The fraction of sp³-hybridized carbons (Fsp3) is 0.556. The number of piperidine rings is 1. The summed E-state index contributed by atoms with van der Waals surface area (Å²) in [6, 6.07) is 7.84. The van der Waals surface area contributed by atoms with Gasteiger partial charge in [0.1, 0.15) is 0 Å². The Morgan fingerprint density at radius 2 is 1.71 bits per heavy atom. The molecule has 0 bridgehead atoms. The monoisotopic (exact) mass is 393 g/mol. The van der Waals surface area contributed by atoms with Crippen LogP contribution in [0.5, 0.6) is 0 Å². The van der Waals surface area contributed by atoms with Gasteiger partial charge in [-0.2, -0.15) is 0 Å². The van der Waals surface area contributed by atoms with Crippen LogP contribution in [0.2, 0.25) is 0 Å². The Bertz CT molecular complexity index is 597. The number of halogens is 1. The van der Waals surface area contributed by atoms with Crippen LogP contribution in [-0.2, 0) is 4.79 Å². The van der Waals surface area contributed by atoms with Gasteiger partial charge >= 0.3 is 0 Å². The highest BCUT2D eigenvalue weighted by Gasteiger charge is 2.31. The van der Waals surface area contributed by atoms with Crippen molar-refractivity contribution in [1.82, 2.24) is 15.1 Å². The van der Waals surface area contributed by atoms with E-state index in [4.69, 9.17) is 0 Å². The Kier molecular flexibility index (Phi) is 5.56. The first kappa shape index (κ1) is 17.4. The van der Waals surface area contributed by atoms with Crippen molar-refractivity contribution in [2.24, 2.45) is 5.92 Å². The lowest BCUT2D eigenvalue weighted by atomic mass is 9.92. The average molecular weight is 394 g/mol. The predicted octanol–water partition coefficient (Wildman–Crippen LogP) is 2.12. The number of rotatable bonds is 2. The van der Waals surface area contributed by atoms with Gasteiger partial charge in [0.15, 0.2) is 0 Å². The summed E-state index contributed by atoms with van der Waals surface area (Å²) in [6.07, 6.45) is 1.83. The molecule has 0 spiro atoms. The summed E-state index contributed by atoms with van der Waals surface area (Å²) < 4.78 is 0.964. The molecule has 0 saturated carbocycles. The molecule has 0 aromatic heterocycles. The van der Waals surface area contributed by atoms with E-state index in [1.54, 1.807) is 0 Å². The maximum Gasteiger partial charge on any atom is 0.253 e. The summed E-state index contributed by atoms with van der Waals surface area (Å²) in [7, 11) is 0. The first-order chi connectivity index (χ1) is 11.5. The number of carbonyl (C=O) groups is 2. The Labute approximate surface area is 151 Å². The molecule has 2 atom stereocenters. The van der Waals surface area contributed by atoms with E-state index in [2.05, 4.69) is 28.2 Å². The molecule has 130 valence electrons. The summed E-state index contributed by atoms with van der Waals surface area (Å²) in [4.78, 5) is 29.0. The maximum absolute atomic E-state index is 12.7. The fourth-order valence-corrected chi connectivity index (χ4v) is 3.78. The van der Waals surface area contributed by atoms with Crippen molar-refractivity contribution in [1.29, 1.82) is 0 Å². The molecule has 1 N–H and O–H groups in total. The minimum Gasteiger partial charge on any atom is -0.339 e. The minimum atomic E-state index is 0.0464. The van der Waals surface area contributed by atoms with Crippen molar-refractivity contribution in [2.45, 2.75) is 25.8 Å². The van der Waals surface area contributed by atoms with Gasteiger partial charge in [-0.1, -0.05) is 15.9 Å². The number of piperazine rings is 1. The zero-order valence-corrected chi connectivity index (χ0v) is 15.6. The predicted molar refractivity (Wildman–Crippen MR) is 96.8 cm³/mol. The third-order valence-corrected chi connectivity index (χ3v) is 5.47. The first-order valence-corrected chi connectivity index (χ1v) is 9.41. The highest BCUT2D eigenvalue weighted by Crippen LogP contribution is 2.20. The number of amides is 2. The number of hydrogen-bond acceptors (Lipinski definition) is 3. The van der Waals surface area contributed by atoms with Crippen LogP contribution in [0, 0.1) is 5.92 Å². The summed E-state index contributed by atoms with van der Waals surface area (Å²) in [6.45, 7) is 5.55. The van der Waals surface area contributed by atoms with Crippen molar-refractivity contribution in [3.05, 3.63) is 34.3 Å². The number of carbonyl (C=O) groups excluding carboxylic acids is 2. The molecule has 2 saturated heterocycles. The molecule has 0 unspecified atom stereocenters. The van der Waals surface area contributed by atoms with Crippen molar-refractivity contribution >= 4 is 27.7 Å². The van der Waals surface area contributed by atoms with Gasteiger partial charge in [-0.25, -0.2) is 0 Å². The summed E-state index contributed by atoms with van der Waals surface area (Å²) in [5, 5.41) is 3.39. The summed E-state index contributed by atoms with van der Waals surface area (Å²) in [5.41, 5.74) is 0.699. The average Bonchev–Trinajstić information content (AvgIpc) is 2.61. The second kappa shape index (κ2) is 7.66. The molecule has 5 nitrogen and oxygen atoms in total. The molecule has 6 heteroatoms. The topological polar surface area (TPSA) is 52.7 Å². The number of nitrogens with one attached hydrogen (secondary N) is 1. The smallest absolute Gasteiger partial charge is 0.253 e. The molecule has 2 aliphatic heterocycles. The highest BCUT2D eigenvalue weighted by atomic mass is 79.9. The van der Waals surface area contributed by atoms with Crippen LogP contribution in [0.3, 0.4) is 0 Å². The number of benzene rings is 1. The normalized spacial score (nSPS) is 24.8. The van der Waals surface area contributed by atoms with Crippen LogP contribution >= 0.6 is 15.9 Å². The highest BCUT2D eigenvalue weighted by molar-refractivity contribution is 9.10. The Morgan fingerprint density at radius 3 is 2.33 bits per heavy atom. The van der Waals surface area contributed by atoms with E-state index in [0.29, 0.717) is 37.8 Å². The second-order valence-corrected chi connectivity index (χ2v) is 7.62. The fourth-order valence-electron chi connectivity index (χ4n) is 3.52. The van der Waals surface area contributed by atoms with Gasteiger partial charge in [0, 0.05) is 48.2 Å². The molecule has 0 radical (unpaired) electrons. The van der Waals surface area contributed by atoms with Crippen molar-refractivity contribution in [3.8, 4) is 0 Å². The van der Waals surface area contributed by atoms with E-state index in [9.17, 15) is 9.59 Å². The van der Waals surface area contributed by atoms with Crippen LogP contribution in [0.4, 0.5) is 0 Å². The Morgan fingerprint density at radius 1 is 1.08 bits per heavy atom. The van der Waals surface area contributed by atoms with Gasteiger partial charge in [-0.3, -0.25) is 9.59 Å². The Hall–Kier alpha value is -1.40. The van der Waals surface area contributed by atoms with Gasteiger partial charge in [0.05, 0.1) is 0 Å². The van der Waals surface area contributed by atoms with Crippen molar-refractivity contribution < 1.29 is 9.59 Å². The summed E-state index contributed by atoms with van der Waals surface area (Å²) >= 11 is 3.38. The van der Waals surface area contributed by atoms with Crippen LogP contribution in [0.1, 0.15) is 30.1 Å². The molecule has 2 amide bonds. The molecule has 0 aliphatic carbocycles. The molecule has 3 rings (SSSR count). The molecule has 1 aromatic rings. The second-order valence-electron chi connectivity index (χ2n) is 6.70. The minimum absolute atomic E-state index is 0.0464. The van der Waals surface area contributed by atoms with Gasteiger partial charge in [0.25, 0.3) is 5.91 Å². The van der Waals surface area contributed by atoms with Gasteiger partial charge in [-0.15, -0.1) is 0 Å². The van der Waals surface area contributed by atoms with Crippen molar-refractivity contribution in [2.75, 3.05) is 32.7 Å².